The van der Waals surface area contributed by atoms with E-state index in [1.807, 2.05) is 109 Å². The Morgan fingerprint density at radius 1 is 0.265 bits per heavy atom. The molecule has 8 nitrogen and oxygen atoms in total. The second kappa shape index (κ2) is 16.2. The van der Waals surface area contributed by atoms with Gasteiger partial charge in [0.1, 0.15) is 11.2 Å². The van der Waals surface area contributed by atoms with Crippen molar-refractivity contribution in [3.63, 3.8) is 0 Å². The minimum atomic E-state index is 0.497. The molecule has 0 bridgehead atoms. The van der Waals surface area contributed by atoms with Gasteiger partial charge in [0.05, 0.1) is 16.7 Å². The topological polar surface area (TPSA) is 95.4 Å². The highest BCUT2D eigenvalue weighted by molar-refractivity contribution is 6.17. The smallest absolute Gasteiger partial charge is 0.166 e. The molecule has 4 heterocycles. The summed E-state index contributed by atoms with van der Waals surface area (Å²) in [6, 6.07) is 76.4. The van der Waals surface area contributed by atoms with Gasteiger partial charge < -0.3 is 8.98 Å². The number of aromatic nitrogens is 7. The van der Waals surface area contributed by atoms with Crippen LogP contribution >= 0.6 is 0 Å². The summed E-state index contributed by atoms with van der Waals surface area (Å²) >= 11 is 0. The maximum Gasteiger partial charge on any atom is 0.166 e. The molecule has 0 radical (unpaired) electrons. The maximum absolute atomic E-state index is 6.46. The van der Waals surface area contributed by atoms with Crippen LogP contribution in [-0.2, 0) is 0 Å². The summed E-state index contributed by atoms with van der Waals surface area (Å²) in [4.78, 5) is 31.3. The molecule has 0 aliphatic carbocycles. The van der Waals surface area contributed by atoms with Crippen molar-refractivity contribution >= 4 is 43.7 Å². The van der Waals surface area contributed by atoms with E-state index in [1.165, 1.54) is 0 Å². The second-order valence-electron chi connectivity index (χ2n) is 16.7. The van der Waals surface area contributed by atoms with Crippen molar-refractivity contribution in [2.75, 3.05) is 0 Å². The first-order valence-corrected chi connectivity index (χ1v) is 22.5. The van der Waals surface area contributed by atoms with Crippen molar-refractivity contribution in [2.45, 2.75) is 0 Å². The van der Waals surface area contributed by atoms with Gasteiger partial charge in [-0.3, -0.25) is 0 Å². The molecule has 0 saturated heterocycles. The predicted octanol–water partition coefficient (Wildman–Crippen LogP) is 14.7. The van der Waals surface area contributed by atoms with Gasteiger partial charge in [0.2, 0.25) is 0 Å². The van der Waals surface area contributed by atoms with Crippen LogP contribution in [0.4, 0.5) is 0 Å². The van der Waals surface area contributed by atoms with E-state index in [0.29, 0.717) is 34.9 Å². The first-order valence-electron chi connectivity index (χ1n) is 22.5. The normalized spacial score (nSPS) is 11.5. The number of benzene rings is 9. The quantitative estimate of drug-likeness (QED) is 0.150. The lowest BCUT2D eigenvalue weighted by molar-refractivity contribution is 0.669. The highest BCUT2D eigenvalue weighted by atomic mass is 16.3. The molecule has 8 heteroatoms. The molecule has 0 aliphatic heterocycles. The van der Waals surface area contributed by atoms with E-state index in [0.717, 1.165) is 93.9 Å². The Morgan fingerprint density at radius 3 is 1.35 bits per heavy atom. The van der Waals surface area contributed by atoms with Crippen LogP contribution in [0.15, 0.2) is 229 Å². The average molecular weight is 872 g/mol. The van der Waals surface area contributed by atoms with E-state index in [1.54, 1.807) is 0 Å². The van der Waals surface area contributed by atoms with Gasteiger partial charge in [0.25, 0.3) is 0 Å². The minimum absolute atomic E-state index is 0.497. The first-order chi connectivity index (χ1) is 33.7. The molecule has 0 aliphatic rings. The minimum Gasteiger partial charge on any atom is -0.456 e. The summed E-state index contributed by atoms with van der Waals surface area (Å²) in [5.41, 5.74) is 11.8. The van der Waals surface area contributed by atoms with Crippen LogP contribution < -0.4 is 0 Å². The average Bonchev–Trinajstić information content (AvgIpc) is 3.95. The van der Waals surface area contributed by atoms with Crippen molar-refractivity contribution in [2.24, 2.45) is 0 Å². The van der Waals surface area contributed by atoms with Crippen LogP contribution in [0.1, 0.15) is 0 Å². The number of hydrogen-bond acceptors (Lipinski definition) is 7. The molecule has 0 fully saturated rings. The van der Waals surface area contributed by atoms with Gasteiger partial charge in [0, 0.05) is 54.9 Å². The van der Waals surface area contributed by atoms with Crippen LogP contribution in [-0.4, -0.2) is 34.5 Å². The number of hydrogen-bond donors (Lipinski definition) is 0. The van der Waals surface area contributed by atoms with Crippen molar-refractivity contribution in [3.05, 3.63) is 224 Å². The molecule has 9 aromatic carbocycles. The van der Waals surface area contributed by atoms with E-state index < -0.39 is 0 Å². The molecule has 0 saturated carbocycles. The standard InChI is InChI=1S/C60H37N7O/c1-5-18-38(19-6-1)42-26-17-27-43(34-42)58-64-57(41-24-11-4-12-25-41)65-60(66-58)49-35-44(59-62-55(39-20-7-2-8-21-39)61-56(63-59)40-22-9-3-10-23-40)32-33-51(49)67-50-30-15-13-28-45(50)47-37-54-48(36-52(47)67)46-29-14-16-31-53(46)68-54/h1-37H. The molecule has 0 unspecified atom stereocenters. The van der Waals surface area contributed by atoms with Gasteiger partial charge in [-0.2, -0.15) is 0 Å². The Labute approximate surface area is 390 Å². The van der Waals surface area contributed by atoms with E-state index in [-0.39, 0.29) is 0 Å². The molecule has 0 amide bonds. The summed E-state index contributed by atoms with van der Waals surface area (Å²) in [5, 5.41) is 4.26. The Morgan fingerprint density at radius 2 is 0.735 bits per heavy atom. The summed E-state index contributed by atoms with van der Waals surface area (Å²) in [5.74, 6) is 3.27. The highest BCUT2D eigenvalue weighted by Crippen LogP contribution is 2.41. The lowest BCUT2D eigenvalue weighted by Crippen LogP contribution is -2.05. The molecule has 0 N–H and O–H groups in total. The van der Waals surface area contributed by atoms with Crippen LogP contribution in [0.5, 0.6) is 0 Å². The number of rotatable bonds is 8. The van der Waals surface area contributed by atoms with E-state index in [2.05, 4.69) is 120 Å². The fraction of sp³-hybridized carbons (Fsp3) is 0. The second-order valence-corrected chi connectivity index (χ2v) is 16.7. The van der Waals surface area contributed by atoms with E-state index >= 15 is 0 Å². The van der Waals surface area contributed by atoms with Crippen molar-refractivity contribution < 1.29 is 4.42 Å². The van der Waals surface area contributed by atoms with Gasteiger partial charge >= 0.3 is 0 Å². The maximum atomic E-state index is 6.46. The molecule has 13 rings (SSSR count). The zero-order valence-corrected chi connectivity index (χ0v) is 36.4. The Bertz CT molecular complexity index is 3960. The summed E-state index contributed by atoms with van der Waals surface area (Å²) in [7, 11) is 0. The van der Waals surface area contributed by atoms with E-state index in [9.17, 15) is 0 Å². The van der Waals surface area contributed by atoms with Crippen molar-refractivity contribution in [1.82, 2.24) is 34.5 Å². The molecular formula is C60H37N7O. The fourth-order valence-electron chi connectivity index (χ4n) is 9.24. The lowest BCUT2D eigenvalue weighted by atomic mass is 10.0. The monoisotopic (exact) mass is 871 g/mol. The van der Waals surface area contributed by atoms with Crippen LogP contribution in [0.25, 0.3) is 129 Å². The molecule has 4 aromatic heterocycles. The third-order valence-corrected chi connectivity index (χ3v) is 12.5. The van der Waals surface area contributed by atoms with Gasteiger partial charge in [-0.1, -0.05) is 176 Å². The molecule has 68 heavy (non-hydrogen) atoms. The lowest BCUT2D eigenvalue weighted by Gasteiger charge is -2.16. The van der Waals surface area contributed by atoms with Gasteiger partial charge in [-0.05, 0) is 59.7 Å². The Hall–Kier alpha value is -9.40. The largest absolute Gasteiger partial charge is 0.456 e. The molecule has 13 aromatic rings. The Kier molecular flexibility index (Phi) is 9.31. The number of para-hydroxylation sites is 2. The van der Waals surface area contributed by atoms with Crippen molar-refractivity contribution in [3.8, 4) is 85.1 Å². The zero-order chi connectivity index (χ0) is 45.0. The molecular weight excluding hydrogens is 835 g/mol. The Balaban J connectivity index is 1.10. The summed E-state index contributed by atoms with van der Waals surface area (Å²) in [6.07, 6.45) is 0. The predicted molar refractivity (Wildman–Crippen MR) is 273 cm³/mol. The molecule has 318 valence electrons. The van der Waals surface area contributed by atoms with Crippen molar-refractivity contribution in [1.29, 1.82) is 0 Å². The summed E-state index contributed by atoms with van der Waals surface area (Å²) < 4.78 is 8.78. The summed E-state index contributed by atoms with van der Waals surface area (Å²) in [6.45, 7) is 0. The van der Waals surface area contributed by atoms with Crippen LogP contribution in [0.2, 0.25) is 0 Å². The van der Waals surface area contributed by atoms with Crippen LogP contribution in [0, 0.1) is 0 Å². The van der Waals surface area contributed by atoms with Gasteiger partial charge in [0.15, 0.2) is 34.9 Å². The number of furan rings is 1. The number of nitrogens with zero attached hydrogens (tertiary/aromatic N) is 7. The van der Waals surface area contributed by atoms with E-state index in [4.69, 9.17) is 34.3 Å². The van der Waals surface area contributed by atoms with Gasteiger partial charge in [-0.15, -0.1) is 0 Å². The highest BCUT2D eigenvalue weighted by Gasteiger charge is 2.23. The first kappa shape index (κ1) is 39.0. The zero-order valence-electron chi connectivity index (χ0n) is 36.4. The third kappa shape index (κ3) is 6.87. The van der Waals surface area contributed by atoms with Crippen LogP contribution in [0.3, 0.4) is 0 Å². The fourth-order valence-corrected chi connectivity index (χ4v) is 9.24. The van der Waals surface area contributed by atoms with Gasteiger partial charge in [-0.25, -0.2) is 29.9 Å². The molecule has 0 atom stereocenters. The number of fused-ring (bicyclic) bond motifs is 6. The third-order valence-electron chi connectivity index (χ3n) is 12.5. The molecule has 0 spiro atoms. The SMILES string of the molecule is c1ccc(-c2cccc(-c3nc(-c4ccccc4)nc(-c4cc(-c5nc(-c6ccccc6)nc(-c6ccccc6)n5)ccc4-n4c5ccccc5c5cc6oc7ccccc7c6cc54)n3)c2)cc1.